The molecule has 0 saturated heterocycles. The zero-order valence-electron chi connectivity index (χ0n) is 11.2. The Hall–Kier alpha value is -1.12. The Labute approximate surface area is 113 Å². The van der Waals surface area contributed by atoms with Crippen molar-refractivity contribution in [2.45, 2.75) is 33.2 Å². The average Bonchev–Trinajstić information content (AvgIpc) is 2.78. The molecule has 0 saturated carbocycles. The number of aryl methyl sites for hydroxylation is 2. The van der Waals surface area contributed by atoms with Gasteiger partial charge in [-0.3, -0.25) is 0 Å². The van der Waals surface area contributed by atoms with E-state index in [2.05, 4.69) is 50.4 Å². The van der Waals surface area contributed by atoms with Gasteiger partial charge in [0.05, 0.1) is 0 Å². The summed E-state index contributed by atoms with van der Waals surface area (Å²) in [7, 11) is 0. The fourth-order valence-corrected chi connectivity index (χ4v) is 3.81. The average molecular weight is 257 g/mol. The van der Waals surface area contributed by atoms with E-state index in [4.69, 9.17) is 0 Å². The first kappa shape index (κ1) is 11.9. The standard InChI is InChI=1S/C16H19NS/c1-10-4-5-13(8-11(10)2)16-9-14-12(3)17-7-6-15(14)18-16/h4-5,8-9,12,17H,6-7H2,1-3H3. The van der Waals surface area contributed by atoms with Crippen LogP contribution in [0.5, 0.6) is 0 Å². The smallest absolute Gasteiger partial charge is 0.0349 e. The van der Waals surface area contributed by atoms with Crippen molar-refractivity contribution >= 4 is 11.3 Å². The van der Waals surface area contributed by atoms with Gasteiger partial charge in [-0.2, -0.15) is 0 Å². The number of nitrogens with one attached hydrogen (secondary N) is 1. The molecule has 1 aliphatic rings. The second-order valence-corrected chi connectivity index (χ2v) is 6.35. The largest absolute Gasteiger partial charge is 0.310 e. The van der Waals surface area contributed by atoms with Crippen LogP contribution in [0.2, 0.25) is 0 Å². The number of thiophene rings is 1. The topological polar surface area (TPSA) is 12.0 Å². The zero-order chi connectivity index (χ0) is 12.7. The molecule has 0 fully saturated rings. The third kappa shape index (κ3) is 2.00. The molecule has 1 aromatic carbocycles. The van der Waals surface area contributed by atoms with Crippen LogP contribution in [0.25, 0.3) is 10.4 Å². The molecule has 0 amide bonds. The molecule has 0 spiro atoms. The van der Waals surface area contributed by atoms with Crippen molar-refractivity contribution in [1.29, 1.82) is 0 Å². The molecule has 0 aliphatic carbocycles. The third-order valence-electron chi connectivity index (χ3n) is 3.90. The first-order chi connectivity index (χ1) is 8.65. The molecule has 1 unspecified atom stereocenters. The van der Waals surface area contributed by atoms with Gasteiger partial charge in [0.1, 0.15) is 0 Å². The first-order valence-electron chi connectivity index (χ1n) is 6.59. The molecule has 1 nitrogen and oxygen atoms in total. The van der Waals surface area contributed by atoms with Gasteiger partial charge < -0.3 is 5.32 Å². The summed E-state index contributed by atoms with van der Waals surface area (Å²) >= 11 is 1.97. The lowest BCUT2D eigenvalue weighted by atomic mass is 10.0. The molecule has 1 aromatic heterocycles. The van der Waals surface area contributed by atoms with Crippen molar-refractivity contribution in [1.82, 2.24) is 5.32 Å². The zero-order valence-corrected chi connectivity index (χ0v) is 12.0. The Morgan fingerprint density at radius 1 is 1.17 bits per heavy atom. The molecular weight excluding hydrogens is 238 g/mol. The quantitative estimate of drug-likeness (QED) is 0.806. The highest BCUT2D eigenvalue weighted by molar-refractivity contribution is 7.15. The van der Waals surface area contributed by atoms with Crippen LogP contribution in [0, 0.1) is 13.8 Å². The van der Waals surface area contributed by atoms with Gasteiger partial charge in [-0.15, -0.1) is 11.3 Å². The summed E-state index contributed by atoms with van der Waals surface area (Å²) in [5.41, 5.74) is 5.62. The van der Waals surface area contributed by atoms with Crippen LogP contribution in [0.3, 0.4) is 0 Å². The van der Waals surface area contributed by atoms with Crippen molar-refractivity contribution in [3.63, 3.8) is 0 Å². The lowest BCUT2D eigenvalue weighted by molar-refractivity contribution is 0.547. The Kier molecular flexibility index (Phi) is 3.00. The van der Waals surface area contributed by atoms with Crippen molar-refractivity contribution in [2.75, 3.05) is 6.54 Å². The summed E-state index contributed by atoms with van der Waals surface area (Å²) < 4.78 is 0. The predicted octanol–water partition coefficient (Wildman–Crippen LogP) is 4.24. The molecule has 0 bridgehead atoms. The van der Waals surface area contributed by atoms with Crippen LogP contribution in [-0.2, 0) is 6.42 Å². The minimum Gasteiger partial charge on any atom is -0.310 e. The van der Waals surface area contributed by atoms with E-state index in [-0.39, 0.29) is 0 Å². The molecule has 2 aromatic rings. The predicted molar refractivity (Wildman–Crippen MR) is 79.4 cm³/mol. The van der Waals surface area contributed by atoms with Crippen LogP contribution >= 0.6 is 11.3 Å². The van der Waals surface area contributed by atoms with E-state index in [1.807, 2.05) is 11.3 Å². The van der Waals surface area contributed by atoms with Crippen LogP contribution in [0.15, 0.2) is 24.3 Å². The van der Waals surface area contributed by atoms with Crippen LogP contribution in [-0.4, -0.2) is 6.54 Å². The summed E-state index contributed by atoms with van der Waals surface area (Å²) in [5.74, 6) is 0. The number of hydrogen-bond donors (Lipinski definition) is 1. The van der Waals surface area contributed by atoms with Gasteiger partial charge in [0.15, 0.2) is 0 Å². The summed E-state index contributed by atoms with van der Waals surface area (Å²) in [6, 6.07) is 9.67. The number of rotatable bonds is 1. The Balaban J connectivity index is 2.04. The van der Waals surface area contributed by atoms with Crippen molar-refractivity contribution in [3.05, 3.63) is 45.8 Å². The van der Waals surface area contributed by atoms with E-state index in [0.717, 1.165) is 6.54 Å². The Morgan fingerprint density at radius 2 is 2.00 bits per heavy atom. The molecule has 1 atom stereocenters. The van der Waals surface area contributed by atoms with Crippen LogP contribution in [0.4, 0.5) is 0 Å². The number of hydrogen-bond acceptors (Lipinski definition) is 2. The second-order valence-electron chi connectivity index (χ2n) is 5.21. The van der Waals surface area contributed by atoms with Gasteiger partial charge in [-0.25, -0.2) is 0 Å². The third-order valence-corrected chi connectivity index (χ3v) is 5.16. The van der Waals surface area contributed by atoms with Crippen molar-refractivity contribution in [3.8, 4) is 10.4 Å². The van der Waals surface area contributed by atoms with E-state index in [1.54, 1.807) is 4.88 Å². The maximum absolute atomic E-state index is 3.53. The minimum absolute atomic E-state index is 0.505. The SMILES string of the molecule is Cc1ccc(-c2cc3c(s2)CCNC3C)cc1C. The fraction of sp³-hybridized carbons (Fsp3) is 0.375. The van der Waals surface area contributed by atoms with Gasteiger partial charge >= 0.3 is 0 Å². The van der Waals surface area contributed by atoms with E-state index >= 15 is 0 Å². The maximum Gasteiger partial charge on any atom is 0.0349 e. The van der Waals surface area contributed by atoms with E-state index in [1.165, 1.54) is 33.6 Å². The fourth-order valence-electron chi connectivity index (χ4n) is 2.55. The maximum atomic E-state index is 3.53. The molecular formula is C16H19NS. The van der Waals surface area contributed by atoms with E-state index in [0.29, 0.717) is 6.04 Å². The van der Waals surface area contributed by atoms with Crippen LogP contribution in [0.1, 0.15) is 34.5 Å². The number of benzene rings is 1. The summed E-state index contributed by atoms with van der Waals surface area (Å²) in [6.07, 6.45) is 1.18. The van der Waals surface area contributed by atoms with Crippen molar-refractivity contribution in [2.24, 2.45) is 0 Å². The monoisotopic (exact) mass is 257 g/mol. The molecule has 0 radical (unpaired) electrons. The van der Waals surface area contributed by atoms with E-state index < -0.39 is 0 Å². The highest BCUT2D eigenvalue weighted by Gasteiger charge is 2.19. The summed E-state index contributed by atoms with van der Waals surface area (Å²) in [4.78, 5) is 2.98. The highest BCUT2D eigenvalue weighted by Crippen LogP contribution is 2.36. The second kappa shape index (κ2) is 4.52. The summed E-state index contributed by atoms with van der Waals surface area (Å²) in [6.45, 7) is 7.73. The Morgan fingerprint density at radius 3 is 2.72 bits per heavy atom. The van der Waals surface area contributed by atoms with Crippen LogP contribution < -0.4 is 5.32 Å². The van der Waals surface area contributed by atoms with Gasteiger partial charge in [0.25, 0.3) is 0 Å². The molecule has 2 heteroatoms. The van der Waals surface area contributed by atoms with Crippen molar-refractivity contribution < 1.29 is 0 Å². The van der Waals surface area contributed by atoms with E-state index in [9.17, 15) is 0 Å². The highest BCUT2D eigenvalue weighted by atomic mass is 32.1. The Bertz CT molecular complexity index is 583. The lowest BCUT2D eigenvalue weighted by Gasteiger charge is -2.19. The van der Waals surface area contributed by atoms with Gasteiger partial charge in [0.2, 0.25) is 0 Å². The molecule has 18 heavy (non-hydrogen) atoms. The normalized spacial score (nSPS) is 18.7. The minimum atomic E-state index is 0.505. The summed E-state index contributed by atoms with van der Waals surface area (Å²) in [5, 5.41) is 3.53. The molecule has 1 aliphatic heterocycles. The molecule has 1 N–H and O–H groups in total. The van der Waals surface area contributed by atoms with Gasteiger partial charge in [0, 0.05) is 22.3 Å². The molecule has 94 valence electrons. The molecule has 3 rings (SSSR count). The first-order valence-corrected chi connectivity index (χ1v) is 7.40. The van der Waals surface area contributed by atoms with Gasteiger partial charge in [-0.05, 0) is 55.5 Å². The lowest BCUT2D eigenvalue weighted by Crippen LogP contribution is -2.26. The molecule has 2 heterocycles. The number of fused-ring (bicyclic) bond motifs is 1. The van der Waals surface area contributed by atoms with Gasteiger partial charge in [-0.1, -0.05) is 18.2 Å².